The number of carbonyl (C=O) groups is 1. The summed E-state index contributed by atoms with van der Waals surface area (Å²) in [4.78, 5) is 15.2. The molecule has 1 aromatic carbocycles. The van der Waals surface area contributed by atoms with Crippen LogP contribution >= 0.6 is 11.6 Å². The lowest BCUT2D eigenvalue weighted by Gasteiger charge is -2.07. The number of pyridine rings is 1. The monoisotopic (exact) mass is 248 g/mol. The van der Waals surface area contributed by atoms with Crippen molar-refractivity contribution in [3.63, 3.8) is 0 Å². The van der Waals surface area contributed by atoms with Crippen LogP contribution in [0.1, 0.15) is 10.4 Å². The summed E-state index contributed by atoms with van der Waals surface area (Å²) in [5.41, 5.74) is 5.53. The van der Waals surface area contributed by atoms with Gasteiger partial charge in [-0.05, 0) is 18.2 Å². The summed E-state index contributed by atoms with van der Waals surface area (Å²) in [5.74, 6) is 0.114. The molecule has 5 heteroatoms. The highest BCUT2D eigenvalue weighted by atomic mass is 35.5. The highest BCUT2D eigenvalue weighted by Crippen LogP contribution is 2.24. The first-order chi connectivity index (χ1) is 8.16. The summed E-state index contributed by atoms with van der Waals surface area (Å²) in [6.07, 6.45) is 1.52. The van der Waals surface area contributed by atoms with Crippen molar-refractivity contribution in [3.8, 4) is 11.6 Å². The number of hydrogen-bond donors (Lipinski definition) is 1. The van der Waals surface area contributed by atoms with E-state index in [1.807, 2.05) is 0 Å². The highest BCUT2D eigenvalue weighted by molar-refractivity contribution is 6.30. The van der Waals surface area contributed by atoms with Crippen LogP contribution in [-0.2, 0) is 0 Å². The quantitative estimate of drug-likeness (QED) is 0.908. The fourth-order valence-electron chi connectivity index (χ4n) is 1.31. The summed E-state index contributed by atoms with van der Waals surface area (Å²) in [7, 11) is 0. The Morgan fingerprint density at radius 2 is 2.06 bits per heavy atom. The molecule has 1 aromatic heterocycles. The van der Waals surface area contributed by atoms with Crippen LogP contribution in [0, 0.1) is 0 Å². The number of carbonyl (C=O) groups excluding carboxylic acids is 1. The fourth-order valence-corrected chi connectivity index (χ4v) is 1.46. The molecule has 2 aromatic rings. The van der Waals surface area contributed by atoms with Crippen molar-refractivity contribution >= 4 is 17.5 Å². The number of halogens is 1. The maximum Gasteiger partial charge on any atom is 0.252 e. The minimum absolute atomic E-state index is 0.300. The summed E-state index contributed by atoms with van der Waals surface area (Å²) < 4.78 is 5.46. The molecule has 0 aliphatic carbocycles. The van der Waals surface area contributed by atoms with Crippen molar-refractivity contribution in [1.29, 1.82) is 0 Å². The molecular weight excluding hydrogens is 240 g/mol. The molecule has 1 amide bonds. The number of para-hydroxylation sites is 1. The lowest BCUT2D eigenvalue weighted by molar-refractivity contribution is 0.0998. The number of ether oxygens (including phenoxy) is 1. The van der Waals surface area contributed by atoms with Crippen molar-refractivity contribution in [1.82, 2.24) is 4.98 Å². The van der Waals surface area contributed by atoms with Crippen molar-refractivity contribution in [2.75, 3.05) is 0 Å². The number of amides is 1. The number of benzene rings is 1. The second-order valence-corrected chi connectivity index (χ2v) is 3.71. The second-order valence-electron chi connectivity index (χ2n) is 3.27. The third-order valence-electron chi connectivity index (χ3n) is 2.06. The summed E-state index contributed by atoms with van der Waals surface area (Å²) in [5, 5.41) is 0.506. The standard InChI is InChI=1S/C12H9ClN2O2/c13-8-5-6-15-11(7-8)17-10-4-2-1-3-9(10)12(14)16/h1-7H,(H2,14,16). The van der Waals surface area contributed by atoms with Gasteiger partial charge in [0.2, 0.25) is 5.88 Å². The molecule has 4 nitrogen and oxygen atoms in total. The number of aromatic nitrogens is 1. The number of nitrogens with two attached hydrogens (primary N) is 1. The van der Waals surface area contributed by atoms with Gasteiger partial charge < -0.3 is 10.5 Å². The van der Waals surface area contributed by atoms with Gasteiger partial charge in [0.1, 0.15) is 5.75 Å². The molecule has 0 radical (unpaired) electrons. The van der Waals surface area contributed by atoms with Gasteiger partial charge in [-0.2, -0.15) is 0 Å². The Morgan fingerprint density at radius 3 is 2.76 bits per heavy atom. The van der Waals surface area contributed by atoms with E-state index >= 15 is 0 Å². The average molecular weight is 249 g/mol. The van der Waals surface area contributed by atoms with Crippen LogP contribution < -0.4 is 10.5 Å². The van der Waals surface area contributed by atoms with Crippen LogP contribution in [0.5, 0.6) is 11.6 Å². The van der Waals surface area contributed by atoms with E-state index in [2.05, 4.69) is 4.98 Å². The Hall–Kier alpha value is -2.07. The molecule has 0 fully saturated rings. The predicted octanol–water partition coefficient (Wildman–Crippen LogP) is 2.63. The highest BCUT2D eigenvalue weighted by Gasteiger charge is 2.09. The number of rotatable bonds is 3. The Bertz CT molecular complexity index is 558. The minimum Gasteiger partial charge on any atom is -0.438 e. The molecule has 0 unspecified atom stereocenters. The van der Waals surface area contributed by atoms with E-state index in [4.69, 9.17) is 22.1 Å². The van der Waals surface area contributed by atoms with Gasteiger partial charge in [-0.15, -0.1) is 0 Å². The van der Waals surface area contributed by atoms with Crippen LogP contribution in [0.3, 0.4) is 0 Å². The Kier molecular flexibility index (Phi) is 3.25. The van der Waals surface area contributed by atoms with E-state index in [0.717, 1.165) is 0 Å². The van der Waals surface area contributed by atoms with Gasteiger partial charge in [-0.1, -0.05) is 23.7 Å². The molecule has 2 rings (SSSR count). The smallest absolute Gasteiger partial charge is 0.252 e. The number of hydrogen-bond acceptors (Lipinski definition) is 3. The van der Waals surface area contributed by atoms with E-state index in [1.165, 1.54) is 6.20 Å². The lowest BCUT2D eigenvalue weighted by atomic mass is 10.2. The summed E-state index contributed by atoms with van der Waals surface area (Å²) >= 11 is 5.80. The molecule has 0 aliphatic rings. The Labute approximate surface area is 103 Å². The van der Waals surface area contributed by atoms with Gasteiger partial charge in [-0.25, -0.2) is 4.98 Å². The van der Waals surface area contributed by atoms with E-state index < -0.39 is 5.91 Å². The van der Waals surface area contributed by atoms with E-state index in [-0.39, 0.29) is 0 Å². The van der Waals surface area contributed by atoms with Gasteiger partial charge >= 0.3 is 0 Å². The zero-order chi connectivity index (χ0) is 12.3. The van der Waals surface area contributed by atoms with Crippen molar-refractivity contribution < 1.29 is 9.53 Å². The molecule has 1 heterocycles. The Balaban J connectivity index is 2.33. The molecule has 0 bridgehead atoms. The number of nitrogens with zero attached hydrogens (tertiary/aromatic N) is 1. The minimum atomic E-state index is -0.553. The molecular formula is C12H9ClN2O2. The maximum atomic E-state index is 11.2. The number of primary amides is 1. The van der Waals surface area contributed by atoms with E-state index in [0.29, 0.717) is 22.2 Å². The van der Waals surface area contributed by atoms with Gasteiger partial charge in [0.05, 0.1) is 5.56 Å². The first-order valence-electron chi connectivity index (χ1n) is 4.85. The van der Waals surface area contributed by atoms with Crippen molar-refractivity contribution in [2.45, 2.75) is 0 Å². The first kappa shape index (κ1) is 11.4. The average Bonchev–Trinajstić information content (AvgIpc) is 2.29. The topological polar surface area (TPSA) is 65.2 Å². The Morgan fingerprint density at radius 1 is 1.29 bits per heavy atom. The molecule has 86 valence electrons. The van der Waals surface area contributed by atoms with Gasteiger partial charge in [0.15, 0.2) is 0 Å². The van der Waals surface area contributed by atoms with Gasteiger partial charge in [-0.3, -0.25) is 4.79 Å². The van der Waals surface area contributed by atoms with Crippen LogP contribution in [0.15, 0.2) is 42.6 Å². The zero-order valence-corrected chi connectivity index (χ0v) is 9.52. The fraction of sp³-hybridized carbons (Fsp3) is 0. The largest absolute Gasteiger partial charge is 0.438 e. The third kappa shape index (κ3) is 2.73. The molecule has 0 atom stereocenters. The molecule has 0 spiro atoms. The molecule has 2 N–H and O–H groups in total. The van der Waals surface area contributed by atoms with Crippen molar-refractivity contribution in [3.05, 3.63) is 53.2 Å². The van der Waals surface area contributed by atoms with E-state index in [9.17, 15) is 4.79 Å². The van der Waals surface area contributed by atoms with Crippen LogP contribution in [0.4, 0.5) is 0 Å². The van der Waals surface area contributed by atoms with Crippen LogP contribution in [0.25, 0.3) is 0 Å². The maximum absolute atomic E-state index is 11.2. The van der Waals surface area contributed by atoms with Gasteiger partial charge in [0, 0.05) is 17.3 Å². The lowest BCUT2D eigenvalue weighted by Crippen LogP contribution is -2.12. The van der Waals surface area contributed by atoms with Crippen molar-refractivity contribution in [2.24, 2.45) is 5.73 Å². The molecule has 0 saturated heterocycles. The SMILES string of the molecule is NC(=O)c1ccccc1Oc1cc(Cl)ccn1. The second kappa shape index (κ2) is 4.84. The summed E-state index contributed by atoms with van der Waals surface area (Å²) in [6, 6.07) is 9.86. The first-order valence-corrected chi connectivity index (χ1v) is 5.23. The van der Waals surface area contributed by atoms with Gasteiger partial charge in [0.25, 0.3) is 5.91 Å². The predicted molar refractivity (Wildman–Crippen MR) is 64.3 cm³/mol. The van der Waals surface area contributed by atoms with E-state index in [1.54, 1.807) is 36.4 Å². The van der Waals surface area contributed by atoms with Crippen LogP contribution in [0.2, 0.25) is 5.02 Å². The molecule has 0 aliphatic heterocycles. The molecule has 17 heavy (non-hydrogen) atoms. The summed E-state index contributed by atoms with van der Waals surface area (Å²) in [6.45, 7) is 0. The molecule has 0 saturated carbocycles. The normalized spacial score (nSPS) is 9.94. The third-order valence-corrected chi connectivity index (χ3v) is 2.30. The zero-order valence-electron chi connectivity index (χ0n) is 8.76. The van der Waals surface area contributed by atoms with Crippen LogP contribution in [-0.4, -0.2) is 10.9 Å².